The second-order valence-electron chi connectivity index (χ2n) is 15.0. The lowest BCUT2D eigenvalue weighted by molar-refractivity contribution is -0.150. The summed E-state index contributed by atoms with van der Waals surface area (Å²) in [5, 5.41) is 29.3. The van der Waals surface area contributed by atoms with Crippen molar-refractivity contribution in [1.29, 1.82) is 5.26 Å². The first-order chi connectivity index (χ1) is 27.8. The number of carboxylic acid groups (broad SMARTS) is 1. The van der Waals surface area contributed by atoms with Crippen LogP contribution in [0.25, 0.3) is 33.3 Å². The number of aromatic nitrogens is 3. The summed E-state index contributed by atoms with van der Waals surface area (Å²) < 4.78 is 14.4. The molecule has 6 aromatic rings. The van der Waals surface area contributed by atoms with Crippen LogP contribution >= 0.6 is 11.6 Å². The summed E-state index contributed by atoms with van der Waals surface area (Å²) >= 11 is 6.80. The average molecular weight is 800 g/mol. The van der Waals surface area contributed by atoms with Gasteiger partial charge in [-0.25, -0.2) is 4.98 Å². The molecular weight excluding hydrogens is 754 g/mol. The summed E-state index contributed by atoms with van der Waals surface area (Å²) in [7, 11) is 3.97. The van der Waals surface area contributed by atoms with Crippen molar-refractivity contribution in [1.82, 2.24) is 19.4 Å². The molecule has 0 radical (unpaired) electrons. The van der Waals surface area contributed by atoms with Crippen LogP contribution in [0.1, 0.15) is 46.7 Å². The molecule has 58 heavy (non-hydrogen) atoms. The second-order valence-corrected chi connectivity index (χ2v) is 15.4. The Morgan fingerprint density at radius 3 is 2.36 bits per heavy atom. The Labute approximate surface area is 342 Å². The molecule has 4 aromatic carbocycles. The van der Waals surface area contributed by atoms with Gasteiger partial charge in [0.25, 0.3) is 5.56 Å². The van der Waals surface area contributed by atoms with Crippen molar-refractivity contribution < 1.29 is 24.5 Å². The van der Waals surface area contributed by atoms with Crippen LogP contribution in [0.15, 0.2) is 96.2 Å². The highest BCUT2D eigenvalue weighted by Gasteiger charge is 2.32. The zero-order chi connectivity index (χ0) is 41.6. The molecule has 0 bridgehead atoms. The van der Waals surface area contributed by atoms with Crippen LogP contribution in [0, 0.1) is 30.6 Å². The van der Waals surface area contributed by atoms with Crippen LogP contribution in [-0.2, 0) is 31.0 Å². The van der Waals surface area contributed by atoms with Gasteiger partial charge in [-0.05, 0) is 116 Å². The van der Waals surface area contributed by atoms with Crippen molar-refractivity contribution in [2.75, 3.05) is 27.2 Å². The van der Waals surface area contributed by atoms with Gasteiger partial charge in [0.2, 0.25) is 0 Å². The van der Waals surface area contributed by atoms with Crippen molar-refractivity contribution >= 4 is 28.6 Å². The van der Waals surface area contributed by atoms with Gasteiger partial charge in [0, 0.05) is 37.1 Å². The molecule has 0 aliphatic heterocycles. The lowest BCUT2D eigenvalue weighted by Gasteiger charge is -2.23. The number of hydrogen-bond donors (Lipinski definition) is 2. The van der Waals surface area contributed by atoms with Gasteiger partial charge in [-0.2, -0.15) is 5.26 Å². The first-order valence-electron chi connectivity index (χ1n) is 18.9. The summed E-state index contributed by atoms with van der Waals surface area (Å²) in [5.74, 6) is -0.282. The number of likely N-dealkylation sites (N-methyl/N-ethyl adjacent to an activating group) is 1. The minimum atomic E-state index is -1.35. The van der Waals surface area contributed by atoms with E-state index in [0.717, 1.165) is 56.5 Å². The number of nitriles is 1. The number of aliphatic hydroxyl groups is 1. The molecule has 2 heterocycles. The Hall–Kier alpha value is -6.06. The Morgan fingerprint density at radius 2 is 1.64 bits per heavy atom. The molecule has 1 atom stereocenters. The molecule has 0 amide bonds. The molecule has 0 fully saturated rings. The summed E-state index contributed by atoms with van der Waals surface area (Å²) in [5.41, 5.74) is 9.10. The number of fused-ring (bicyclic) bond motifs is 1. The molecule has 2 aromatic heterocycles. The van der Waals surface area contributed by atoms with Crippen molar-refractivity contribution in [2.45, 2.75) is 53.4 Å². The fourth-order valence-corrected chi connectivity index (χ4v) is 7.10. The minimum Gasteiger partial charge on any atom is -0.488 e. The van der Waals surface area contributed by atoms with Gasteiger partial charge < -0.3 is 29.2 Å². The number of benzene rings is 4. The van der Waals surface area contributed by atoms with Gasteiger partial charge in [-0.3, -0.25) is 14.6 Å². The quantitative estimate of drug-likeness (QED) is 0.0986. The number of aryl methyl sites for hydroxylation is 1. The lowest BCUT2D eigenvalue weighted by Crippen LogP contribution is -2.32. The maximum absolute atomic E-state index is 12.7. The molecule has 0 unspecified atom stereocenters. The van der Waals surface area contributed by atoms with E-state index in [9.17, 15) is 25.1 Å². The molecule has 0 spiro atoms. The molecular formula is C46H46ClN5O6. The third kappa shape index (κ3) is 9.21. The van der Waals surface area contributed by atoms with Gasteiger partial charge in [0.15, 0.2) is 0 Å². The van der Waals surface area contributed by atoms with E-state index >= 15 is 0 Å². The zero-order valence-electron chi connectivity index (χ0n) is 33.3. The van der Waals surface area contributed by atoms with Crippen LogP contribution in [0.2, 0.25) is 5.02 Å². The predicted molar refractivity (Wildman–Crippen MR) is 225 cm³/mol. The third-order valence-electron chi connectivity index (χ3n) is 10.6. The predicted octanol–water partition coefficient (Wildman–Crippen LogP) is 8.00. The van der Waals surface area contributed by atoms with Gasteiger partial charge in [0.05, 0.1) is 39.8 Å². The number of carboxylic acids is 1. The van der Waals surface area contributed by atoms with Crippen LogP contribution in [0.4, 0.5) is 0 Å². The minimum absolute atomic E-state index is 0.0971. The highest BCUT2D eigenvalue weighted by Crippen LogP contribution is 2.38. The van der Waals surface area contributed by atoms with E-state index in [0.29, 0.717) is 39.8 Å². The molecule has 2 N–H and O–H groups in total. The van der Waals surface area contributed by atoms with Gasteiger partial charge >= 0.3 is 5.97 Å². The van der Waals surface area contributed by atoms with E-state index < -0.39 is 18.0 Å². The number of hydrogen-bond acceptors (Lipinski definition) is 9. The first kappa shape index (κ1) is 41.6. The normalized spacial score (nSPS) is 12.3. The maximum atomic E-state index is 12.7. The van der Waals surface area contributed by atoms with E-state index in [1.54, 1.807) is 29.0 Å². The topological polar surface area (TPSA) is 151 Å². The number of halogens is 1. The smallest absolute Gasteiger partial charge is 0.311 e. The average Bonchev–Trinajstić information content (AvgIpc) is 3.22. The molecule has 0 saturated heterocycles. The Kier molecular flexibility index (Phi) is 12.9. The first-order valence-corrected chi connectivity index (χ1v) is 19.3. The second kappa shape index (κ2) is 18.0. The molecule has 11 nitrogen and oxygen atoms in total. The number of rotatable bonds is 16. The highest BCUT2D eigenvalue weighted by molar-refractivity contribution is 6.32. The van der Waals surface area contributed by atoms with Gasteiger partial charge in [-0.1, -0.05) is 54.1 Å². The largest absolute Gasteiger partial charge is 0.488 e. The van der Waals surface area contributed by atoms with E-state index in [4.69, 9.17) is 21.1 Å². The van der Waals surface area contributed by atoms with Crippen LogP contribution in [-0.4, -0.2) is 62.9 Å². The van der Waals surface area contributed by atoms with Crippen molar-refractivity contribution in [2.24, 2.45) is 5.41 Å². The Morgan fingerprint density at radius 1 is 0.914 bits per heavy atom. The van der Waals surface area contributed by atoms with Crippen molar-refractivity contribution in [3.05, 3.63) is 140 Å². The van der Waals surface area contributed by atoms with E-state index in [1.807, 2.05) is 55.4 Å². The Balaban J connectivity index is 1.27. The standard InChI is InChI=1S/C46H46ClN5O6/c1-29-35(27-58-43-21-42(57-26-32-18-31(22-48)23-49-24-32)34(19-39(43)47)14-15-46(3,28-53)45(55)56)8-6-10-37(29)38-11-7-9-36(30(38)2)33-12-13-41-40(20-33)50-25-44(54)52(41)17-16-51(4)5/h6-13,18-21,23-25,53H,14-17,26-28H2,1-5H3,(H,55,56)/t46-/m0/s1. The van der Waals surface area contributed by atoms with Crippen molar-refractivity contribution in [3.8, 4) is 39.8 Å². The molecule has 12 heteroatoms. The number of pyridine rings is 1. The summed E-state index contributed by atoms with van der Waals surface area (Å²) in [6.07, 6.45) is 4.88. The van der Waals surface area contributed by atoms with E-state index in [2.05, 4.69) is 48.1 Å². The molecule has 0 aliphatic rings. The Bertz CT molecular complexity index is 2580. The van der Waals surface area contributed by atoms with Gasteiger partial charge in [0.1, 0.15) is 30.8 Å². The highest BCUT2D eigenvalue weighted by atomic mass is 35.5. The number of ether oxygens (including phenoxy) is 2. The lowest BCUT2D eigenvalue weighted by atomic mass is 9.85. The number of nitrogens with zero attached hydrogens (tertiary/aromatic N) is 5. The molecule has 298 valence electrons. The van der Waals surface area contributed by atoms with Crippen LogP contribution < -0.4 is 15.0 Å². The molecule has 6 rings (SSSR count). The molecule has 0 aliphatic carbocycles. The number of carbonyl (C=O) groups is 1. The maximum Gasteiger partial charge on any atom is 0.311 e. The third-order valence-corrected chi connectivity index (χ3v) is 10.9. The summed E-state index contributed by atoms with van der Waals surface area (Å²) in [6.45, 7) is 6.76. The number of aliphatic hydroxyl groups excluding tert-OH is 1. The monoisotopic (exact) mass is 799 g/mol. The van der Waals surface area contributed by atoms with Crippen LogP contribution in [0.3, 0.4) is 0 Å². The summed E-state index contributed by atoms with van der Waals surface area (Å²) in [4.78, 5) is 35.3. The van der Waals surface area contributed by atoms with Gasteiger partial charge in [-0.15, -0.1) is 0 Å². The fourth-order valence-electron chi connectivity index (χ4n) is 6.86. The molecule has 0 saturated carbocycles. The fraction of sp³-hybridized carbons (Fsp3) is 0.283. The number of aliphatic carboxylic acids is 1. The summed E-state index contributed by atoms with van der Waals surface area (Å²) in [6, 6.07) is 25.6. The van der Waals surface area contributed by atoms with E-state index in [1.165, 1.54) is 19.3 Å². The SMILES string of the molecule is Cc1c(COc2cc(OCc3cncc(C#N)c3)c(CC[C@@](C)(CO)C(=O)O)cc2Cl)cccc1-c1cccc(-c2ccc3c(c2)ncc(=O)n3CCN(C)C)c1C. The van der Waals surface area contributed by atoms with Crippen LogP contribution in [0.5, 0.6) is 11.5 Å². The van der Waals surface area contributed by atoms with Crippen molar-refractivity contribution in [3.63, 3.8) is 0 Å². The zero-order valence-corrected chi connectivity index (χ0v) is 34.0. The van der Waals surface area contributed by atoms with E-state index in [-0.39, 0.29) is 31.6 Å².